The normalized spacial score (nSPS) is 11.5. The van der Waals surface area contributed by atoms with E-state index in [2.05, 4.69) is 20.4 Å². The van der Waals surface area contributed by atoms with Gasteiger partial charge < -0.3 is 5.32 Å². The van der Waals surface area contributed by atoms with Gasteiger partial charge in [-0.2, -0.15) is 22.8 Å². The van der Waals surface area contributed by atoms with Gasteiger partial charge in [-0.1, -0.05) is 6.07 Å². The molecule has 1 amide bonds. The Morgan fingerprint density at radius 3 is 2.64 bits per heavy atom. The number of hydrogen-bond donors (Lipinski definition) is 1. The first-order chi connectivity index (χ1) is 13.4. The topological polar surface area (TPSA) is 72.2 Å². The summed E-state index contributed by atoms with van der Waals surface area (Å²) in [5.74, 6) is -0.403. The van der Waals surface area contributed by atoms with Crippen molar-refractivity contribution in [1.82, 2.24) is 19.6 Å². The van der Waals surface area contributed by atoms with Gasteiger partial charge in [0.25, 0.3) is 5.91 Å². The molecule has 4 rings (SSSR count). The van der Waals surface area contributed by atoms with Crippen LogP contribution in [-0.2, 0) is 6.18 Å². The minimum Gasteiger partial charge on any atom is -0.306 e. The third-order valence-electron chi connectivity index (χ3n) is 4.01. The van der Waals surface area contributed by atoms with Gasteiger partial charge in [0, 0.05) is 35.8 Å². The smallest absolute Gasteiger partial charge is 0.306 e. The summed E-state index contributed by atoms with van der Waals surface area (Å²) in [5, 5.41) is 6.99. The Balaban J connectivity index is 1.67. The monoisotopic (exact) mass is 383 g/mol. The molecule has 28 heavy (non-hydrogen) atoms. The van der Waals surface area contributed by atoms with Gasteiger partial charge in [-0.15, -0.1) is 0 Å². The summed E-state index contributed by atoms with van der Waals surface area (Å²) in [6.07, 6.45) is 0.230. The number of rotatable bonds is 3. The minimum absolute atomic E-state index is 0.112. The van der Waals surface area contributed by atoms with Crippen LogP contribution in [0.2, 0.25) is 0 Å². The molecule has 0 bridgehead atoms. The highest BCUT2D eigenvalue weighted by molar-refractivity contribution is 6.04. The number of aromatic nitrogens is 4. The molecule has 0 saturated heterocycles. The zero-order valence-corrected chi connectivity index (χ0v) is 14.2. The lowest BCUT2D eigenvalue weighted by Gasteiger charge is -2.10. The van der Waals surface area contributed by atoms with E-state index in [4.69, 9.17) is 0 Å². The van der Waals surface area contributed by atoms with Gasteiger partial charge in [0.1, 0.15) is 5.82 Å². The lowest BCUT2D eigenvalue weighted by molar-refractivity contribution is -0.137. The first kappa shape index (κ1) is 17.7. The van der Waals surface area contributed by atoms with Crippen molar-refractivity contribution in [2.75, 3.05) is 5.32 Å². The Morgan fingerprint density at radius 2 is 1.89 bits per heavy atom. The first-order valence-corrected chi connectivity index (χ1v) is 8.15. The highest BCUT2D eigenvalue weighted by atomic mass is 19.4. The molecule has 0 spiro atoms. The fraction of sp³-hybridized carbons (Fsp3) is 0.0526. The summed E-state index contributed by atoms with van der Waals surface area (Å²) in [6, 6.07) is 11.0. The van der Waals surface area contributed by atoms with Crippen LogP contribution in [0.3, 0.4) is 0 Å². The van der Waals surface area contributed by atoms with Gasteiger partial charge >= 0.3 is 6.18 Å². The van der Waals surface area contributed by atoms with Crippen molar-refractivity contribution in [3.63, 3.8) is 0 Å². The summed E-state index contributed by atoms with van der Waals surface area (Å²) >= 11 is 0. The van der Waals surface area contributed by atoms with E-state index in [1.54, 1.807) is 24.5 Å². The molecule has 140 valence electrons. The van der Waals surface area contributed by atoms with Crippen LogP contribution in [0.15, 0.2) is 67.1 Å². The lowest BCUT2D eigenvalue weighted by atomic mass is 10.1. The number of hydrogen-bond acceptors (Lipinski definition) is 4. The molecule has 9 heteroatoms. The molecule has 0 atom stereocenters. The molecule has 0 radical (unpaired) electrons. The third-order valence-corrected chi connectivity index (χ3v) is 4.01. The quantitative estimate of drug-likeness (QED) is 0.579. The second kappa shape index (κ2) is 6.76. The van der Waals surface area contributed by atoms with E-state index in [1.807, 2.05) is 6.07 Å². The number of fused-ring (bicyclic) bond motifs is 1. The number of nitrogens with zero attached hydrogens (tertiary/aromatic N) is 4. The lowest BCUT2D eigenvalue weighted by Crippen LogP contribution is -2.16. The number of anilines is 1. The highest BCUT2D eigenvalue weighted by Crippen LogP contribution is 2.29. The molecule has 0 aliphatic rings. The van der Waals surface area contributed by atoms with Crippen molar-refractivity contribution in [1.29, 1.82) is 0 Å². The molecule has 3 aromatic heterocycles. The summed E-state index contributed by atoms with van der Waals surface area (Å²) in [6.45, 7) is 0. The Bertz CT molecular complexity index is 1160. The van der Waals surface area contributed by atoms with Gasteiger partial charge in [0.05, 0.1) is 11.3 Å². The van der Waals surface area contributed by atoms with E-state index in [-0.39, 0.29) is 11.4 Å². The molecule has 1 N–H and O–H groups in total. The summed E-state index contributed by atoms with van der Waals surface area (Å²) in [4.78, 5) is 20.7. The minimum atomic E-state index is -4.53. The number of carbonyl (C=O) groups excluding carboxylic acids is 1. The zero-order valence-electron chi connectivity index (χ0n) is 14.2. The standard InChI is InChI=1S/C19H12F3N5O/c20-19(21,22)14-5-1-3-12(9-14)18(28)25-16-6-8-24-17-10-15(26-27(16)17)13-4-2-7-23-11-13/h1-11H,(H,25,28). The Labute approximate surface area is 156 Å². The van der Waals surface area contributed by atoms with E-state index in [9.17, 15) is 18.0 Å². The average Bonchev–Trinajstić information content (AvgIpc) is 3.13. The average molecular weight is 383 g/mol. The number of alkyl halides is 3. The molecule has 0 aliphatic heterocycles. The van der Waals surface area contributed by atoms with E-state index >= 15 is 0 Å². The molecule has 0 unspecified atom stereocenters. The van der Waals surface area contributed by atoms with Crippen LogP contribution in [0.5, 0.6) is 0 Å². The summed E-state index contributed by atoms with van der Waals surface area (Å²) < 4.78 is 40.0. The van der Waals surface area contributed by atoms with Crippen molar-refractivity contribution in [2.24, 2.45) is 0 Å². The second-order valence-corrected chi connectivity index (χ2v) is 5.90. The third kappa shape index (κ3) is 3.41. The molecular formula is C19H12F3N5O. The van der Waals surface area contributed by atoms with Crippen LogP contribution in [0.4, 0.5) is 19.0 Å². The van der Waals surface area contributed by atoms with Gasteiger partial charge in [0.15, 0.2) is 5.65 Å². The van der Waals surface area contributed by atoms with Crippen LogP contribution in [-0.4, -0.2) is 25.5 Å². The number of carbonyl (C=O) groups is 1. The van der Waals surface area contributed by atoms with Crippen LogP contribution < -0.4 is 5.32 Å². The van der Waals surface area contributed by atoms with Gasteiger partial charge in [0.2, 0.25) is 0 Å². The summed E-state index contributed by atoms with van der Waals surface area (Å²) in [5.41, 5.74) is 0.836. The maximum Gasteiger partial charge on any atom is 0.416 e. The molecule has 3 heterocycles. The number of benzene rings is 1. The number of halogens is 3. The van der Waals surface area contributed by atoms with Crippen molar-refractivity contribution in [2.45, 2.75) is 6.18 Å². The van der Waals surface area contributed by atoms with Crippen LogP contribution >= 0.6 is 0 Å². The predicted molar refractivity (Wildman–Crippen MR) is 95.6 cm³/mol. The zero-order chi connectivity index (χ0) is 19.7. The molecule has 0 aliphatic carbocycles. The SMILES string of the molecule is O=C(Nc1ccnc2cc(-c3cccnc3)nn12)c1cccc(C(F)(F)F)c1. The second-order valence-electron chi connectivity index (χ2n) is 5.90. The molecular weight excluding hydrogens is 371 g/mol. The molecule has 0 fully saturated rings. The van der Waals surface area contributed by atoms with Crippen molar-refractivity contribution in [3.8, 4) is 11.3 Å². The summed E-state index contributed by atoms with van der Waals surface area (Å²) in [7, 11) is 0. The fourth-order valence-corrected chi connectivity index (χ4v) is 2.67. The van der Waals surface area contributed by atoms with Gasteiger partial charge in [-0.25, -0.2) is 4.98 Å². The highest BCUT2D eigenvalue weighted by Gasteiger charge is 2.31. The predicted octanol–water partition coefficient (Wildman–Crippen LogP) is 4.06. The molecule has 0 saturated carbocycles. The van der Waals surface area contributed by atoms with Crippen LogP contribution in [0.1, 0.15) is 15.9 Å². The maximum atomic E-state index is 12.9. The van der Waals surface area contributed by atoms with E-state index < -0.39 is 17.6 Å². The Hall–Kier alpha value is -3.75. The van der Waals surface area contributed by atoms with E-state index in [0.717, 1.165) is 17.7 Å². The first-order valence-electron chi connectivity index (χ1n) is 8.15. The molecule has 4 aromatic rings. The largest absolute Gasteiger partial charge is 0.416 e. The van der Waals surface area contributed by atoms with E-state index in [0.29, 0.717) is 11.3 Å². The van der Waals surface area contributed by atoms with Crippen molar-refractivity contribution >= 4 is 17.4 Å². The number of nitrogens with one attached hydrogen (secondary N) is 1. The molecule has 1 aromatic carbocycles. The molecule has 6 nitrogen and oxygen atoms in total. The Morgan fingerprint density at radius 1 is 1.04 bits per heavy atom. The Kier molecular flexibility index (Phi) is 4.26. The fourth-order valence-electron chi connectivity index (χ4n) is 2.67. The number of amides is 1. The van der Waals surface area contributed by atoms with Crippen LogP contribution in [0, 0.1) is 0 Å². The van der Waals surface area contributed by atoms with Gasteiger partial charge in [-0.3, -0.25) is 9.78 Å². The maximum absolute atomic E-state index is 12.9. The van der Waals surface area contributed by atoms with Crippen molar-refractivity contribution < 1.29 is 18.0 Å². The van der Waals surface area contributed by atoms with E-state index in [1.165, 1.54) is 28.9 Å². The van der Waals surface area contributed by atoms with Crippen LogP contribution in [0.25, 0.3) is 16.9 Å². The number of pyridine rings is 1. The van der Waals surface area contributed by atoms with Gasteiger partial charge in [-0.05, 0) is 36.4 Å². The van der Waals surface area contributed by atoms with Crippen molar-refractivity contribution in [3.05, 3.63) is 78.2 Å².